The summed E-state index contributed by atoms with van der Waals surface area (Å²) in [5.41, 5.74) is 2.76. The standard InChI is InChI=1S/C24H23N3O3/c1-2-19(16-27-22-20(30-24(27)29)14-9-15-25-22)26-23(28)21(17-10-5-3-6-11-17)18-12-7-4-8-13-18/h3-15,19,21H,2,16H2,1H3,(H,26,28)/t19-/m1/s1. The van der Waals surface area contributed by atoms with Crippen molar-refractivity contribution in [2.24, 2.45) is 0 Å². The molecule has 0 unspecified atom stereocenters. The van der Waals surface area contributed by atoms with Crippen molar-refractivity contribution in [1.29, 1.82) is 0 Å². The van der Waals surface area contributed by atoms with Gasteiger partial charge in [0.2, 0.25) is 5.91 Å². The molecule has 0 saturated carbocycles. The van der Waals surface area contributed by atoms with Crippen molar-refractivity contribution in [3.8, 4) is 0 Å². The van der Waals surface area contributed by atoms with Crippen LogP contribution in [-0.4, -0.2) is 21.5 Å². The first-order chi connectivity index (χ1) is 14.7. The molecule has 6 nitrogen and oxygen atoms in total. The number of fused-ring (bicyclic) bond motifs is 1. The number of nitrogens with zero attached hydrogens (tertiary/aromatic N) is 2. The van der Waals surface area contributed by atoms with E-state index in [0.29, 0.717) is 24.2 Å². The first-order valence-electron chi connectivity index (χ1n) is 10.0. The largest absolute Gasteiger partial charge is 0.421 e. The lowest BCUT2D eigenvalue weighted by Crippen LogP contribution is -2.41. The summed E-state index contributed by atoms with van der Waals surface area (Å²) in [4.78, 5) is 29.9. The maximum absolute atomic E-state index is 13.4. The minimum atomic E-state index is -0.473. The fourth-order valence-electron chi connectivity index (χ4n) is 3.63. The summed E-state index contributed by atoms with van der Waals surface area (Å²) in [6, 6.07) is 22.6. The van der Waals surface area contributed by atoms with Crippen LogP contribution in [0.25, 0.3) is 11.2 Å². The molecule has 1 atom stereocenters. The van der Waals surface area contributed by atoms with E-state index < -0.39 is 11.7 Å². The summed E-state index contributed by atoms with van der Waals surface area (Å²) in [5.74, 6) is -1.01. The zero-order chi connectivity index (χ0) is 20.9. The molecule has 0 radical (unpaired) electrons. The van der Waals surface area contributed by atoms with Gasteiger partial charge in [0, 0.05) is 12.2 Å². The number of oxazole rings is 1. The molecule has 0 fully saturated rings. The lowest BCUT2D eigenvalue weighted by molar-refractivity contribution is -0.122. The van der Waals surface area contributed by atoms with Crippen molar-refractivity contribution < 1.29 is 9.21 Å². The predicted octanol–water partition coefficient (Wildman–Crippen LogP) is 3.72. The highest BCUT2D eigenvalue weighted by Gasteiger charge is 2.25. The maximum atomic E-state index is 13.4. The van der Waals surface area contributed by atoms with Crippen LogP contribution in [0, 0.1) is 0 Å². The molecule has 2 aromatic carbocycles. The predicted molar refractivity (Wildman–Crippen MR) is 115 cm³/mol. The molecule has 2 aromatic heterocycles. The fraction of sp³-hybridized carbons (Fsp3) is 0.208. The van der Waals surface area contributed by atoms with E-state index in [-0.39, 0.29) is 11.9 Å². The quantitative estimate of drug-likeness (QED) is 0.512. The van der Waals surface area contributed by atoms with Crippen LogP contribution < -0.4 is 11.1 Å². The zero-order valence-electron chi connectivity index (χ0n) is 16.7. The Hall–Kier alpha value is -3.67. The molecule has 2 heterocycles. The van der Waals surface area contributed by atoms with Gasteiger partial charge >= 0.3 is 5.76 Å². The van der Waals surface area contributed by atoms with E-state index >= 15 is 0 Å². The summed E-state index contributed by atoms with van der Waals surface area (Å²) in [6.07, 6.45) is 2.28. The van der Waals surface area contributed by atoms with Gasteiger partial charge in [-0.05, 0) is 29.7 Å². The molecule has 0 aliphatic heterocycles. The van der Waals surface area contributed by atoms with Gasteiger partial charge in [-0.1, -0.05) is 67.6 Å². The third kappa shape index (κ3) is 4.03. The fourth-order valence-corrected chi connectivity index (χ4v) is 3.63. The number of amides is 1. The highest BCUT2D eigenvalue weighted by Crippen LogP contribution is 2.25. The van der Waals surface area contributed by atoms with E-state index in [1.54, 1.807) is 18.3 Å². The Labute approximate surface area is 174 Å². The third-order valence-corrected chi connectivity index (χ3v) is 5.19. The van der Waals surface area contributed by atoms with Gasteiger partial charge in [0.05, 0.1) is 12.5 Å². The van der Waals surface area contributed by atoms with Gasteiger partial charge in [-0.2, -0.15) is 0 Å². The van der Waals surface area contributed by atoms with Gasteiger partial charge in [-0.25, -0.2) is 9.78 Å². The van der Waals surface area contributed by atoms with Crippen molar-refractivity contribution >= 4 is 17.1 Å². The van der Waals surface area contributed by atoms with E-state index in [0.717, 1.165) is 11.1 Å². The van der Waals surface area contributed by atoms with Gasteiger partial charge in [0.15, 0.2) is 11.2 Å². The normalized spacial score (nSPS) is 12.2. The number of hydrogen-bond acceptors (Lipinski definition) is 4. The van der Waals surface area contributed by atoms with Crippen molar-refractivity contribution in [2.75, 3.05) is 0 Å². The number of rotatable bonds is 7. The van der Waals surface area contributed by atoms with Gasteiger partial charge < -0.3 is 9.73 Å². The summed E-state index contributed by atoms with van der Waals surface area (Å²) in [5, 5.41) is 3.13. The van der Waals surface area contributed by atoms with Crippen LogP contribution in [0.4, 0.5) is 0 Å². The Bertz CT molecular complexity index is 1140. The summed E-state index contributed by atoms with van der Waals surface area (Å²) < 4.78 is 6.74. The minimum Gasteiger partial charge on any atom is -0.406 e. The minimum absolute atomic E-state index is 0.104. The highest BCUT2D eigenvalue weighted by atomic mass is 16.4. The van der Waals surface area contributed by atoms with Gasteiger partial charge in [0.25, 0.3) is 0 Å². The number of carbonyl (C=O) groups is 1. The van der Waals surface area contributed by atoms with Gasteiger partial charge in [-0.15, -0.1) is 0 Å². The van der Waals surface area contributed by atoms with E-state index in [4.69, 9.17) is 4.42 Å². The lowest BCUT2D eigenvalue weighted by Gasteiger charge is -2.23. The SMILES string of the molecule is CC[C@H](Cn1c(=O)oc2cccnc21)NC(=O)C(c1ccccc1)c1ccccc1. The monoisotopic (exact) mass is 401 g/mol. The molecule has 4 aromatic rings. The van der Waals surface area contributed by atoms with E-state index in [2.05, 4.69) is 10.3 Å². The van der Waals surface area contributed by atoms with Crippen LogP contribution in [0.5, 0.6) is 0 Å². The molecule has 1 amide bonds. The Morgan fingerprint density at radius 2 is 1.63 bits per heavy atom. The van der Waals surface area contributed by atoms with E-state index in [1.807, 2.05) is 67.6 Å². The molecular weight excluding hydrogens is 378 g/mol. The number of pyridine rings is 1. The second kappa shape index (κ2) is 8.78. The van der Waals surface area contributed by atoms with Crippen molar-refractivity contribution in [3.63, 3.8) is 0 Å². The van der Waals surface area contributed by atoms with Crippen molar-refractivity contribution in [2.45, 2.75) is 31.8 Å². The molecule has 152 valence electrons. The van der Waals surface area contributed by atoms with Crippen LogP contribution >= 0.6 is 0 Å². The Kier molecular flexibility index (Phi) is 5.75. The summed E-state index contributed by atoms with van der Waals surface area (Å²) in [6.45, 7) is 2.27. The van der Waals surface area contributed by atoms with E-state index in [1.165, 1.54) is 4.57 Å². The van der Waals surface area contributed by atoms with Crippen LogP contribution in [0.3, 0.4) is 0 Å². The molecule has 0 bridgehead atoms. The molecule has 0 spiro atoms. The van der Waals surface area contributed by atoms with Crippen LogP contribution in [0.15, 0.2) is 88.2 Å². The first kappa shape index (κ1) is 19.6. The average Bonchev–Trinajstić information content (AvgIpc) is 3.10. The number of benzene rings is 2. The summed E-state index contributed by atoms with van der Waals surface area (Å²) >= 11 is 0. The Morgan fingerprint density at radius 1 is 1.00 bits per heavy atom. The van der Waals surface area contributed by atoms with Crippen molar-refractivity contribution in [3.05, 3.63) is 101 Å². The first-order valence-corrected chi connectivity index (χ1v) is 10.0. The Balaban J connectivity index is 1.60. The Morgan fingerprint density at radius 3 is 2.23 bits per heavy atom. The molecule has 0 saturated heterocycles. The third-order valence-electron chi connectivity index (χ3n) is 5.19. The molecule has 0 aliphatic carbocycles. The molecule has 6 heteroatoms. The smallest absolute Gasteiger partial charge is 0.406 e. The van der Waals surface area contributed by atoms with Crippen LogP contribution in [0.1, 0.15) is 30.4 Å². The van der Waals surface area contributed by atoms with E-state index in [9.17, 15) is 9.59 Å². The molecule has 30 heavy (non-hydrogen) atoms. The van der Waals surface area contributed by atoms with Crippen molar-refractivity contribution in [1.82, 2.24) is 14.9 Å². The second-order valence-corrected chi connectivity index (χ2v) is 7.17. The molecule has 4 rings (SSSR count). The molecule has 1 N–H and O–H groups in total. The number of carbonyl (C=O) groups excluding carboxylic acids is 1. The zero-order valence-corrected chi connectivity index (χ0v) is 16.7. The topological polar surface area (TPSA) is 77.1 Å². The second-order valence-electron chi connectivity index (χ2n) is 7.17. The lowest BCUT2D eigenvalue weighted by atomic mass is 9.90. The summed E-state index contributed by atoms with van der Waals surface area (Å²) in [7, 11) is 0. The number of nitrogens with one attached hydrogen (secondary N) is 1. The van der Waals surface area contributed by atoms with Gasteiger partial charge in [0.1, 0.15) is 0 Å². The van der Waals surface area contributed by atoms with Crippen LogP contribution in [-0.2, 0) is 11.3 Å². The number of hydrogen-bond donors (Lipinski definition) is 1. The molecular formula is C24H23N3O3. The van der Waals surface area contributed by atoms with Gasteiger partial charge in [-0.3, -0.25) is 9.36 Å². The highest BCUT2D eigenvalue weighted by molar-refractivity contribution is 5.87. The maximum Gasteiger partial charge on any atom is 0.421 e. The number of aromatic nitrogens is 2. The average molecular weight is 401 g/mol. The molecule has 0 aliphatic rings. The van der Waals surface area contributed by atoms with Crippen LogP contribution in [0.2, 0.25) is 0 Å².